The highest BCUT2D eigenvalue weighted by atomic mass is 19.1. The van der Waals surface area contributed by atoms with Crippen molar-refractivity contribution in [2.45, 2.75) is 31.8 Å². The Morgan fingerprint density at radius 3 is 2.67 bits per heavy atom. The van der Waals surface area contributed by atoms with Crippen molar-refractivity contribution in [1.82, 2.24) is 4.57 Å². The molecule has 4 rings (SSSR count). The predicted octanol–water partition coefficient (Wildman–Crippen LogP) is 2.22. The average Bonchev–Trinajstić information content (AvgIpc) is 3.45. The molecular weight excluding hydrogens is 389 g/mol. The second-order valence-corrected chi connectivity index (χ2v) is 8.05. The maximum absolute atomic E-state index is 14.6. The Morgan fingerprint density at radius 2 is 2.00 bits per heavy atom. The van der Waals surface area contributed by atoms with E-state index in [0.29, 0.717) is 24.6 Å². The van der Waals surface area contributed by atoms with Crippen LogP contribution in [0.4, 0.5) is 10.1 Å². The summed E-state index contributed by atoms with van der Waals surface area (Å²) < 4.78 is 21.7. The van der Waals surface area contributed by atoms with Crippen molar-refractivity contribution in [2.75, 3.05) is 11.9 Å². The Hall–Kier alpha value is -3.00. The Labute approximate surface area is 173 Å². The zero-order valence-electron chi connectivity index (χ0n) is 16.4. The smallest absolute Gasteiger partial charge is 0.255 e. The minimum atomic E-state index is -0.650. The number of nitrogens with one attached hydrogen (secondary N) is 1. The molecule has 1 aromatic carbocycles. The van der Waals surface area contributed by atoms with Gasteiger partial charge in [-0.25, -0.2) is 4.39 Å². The largest absolute Gasteiger partial charge is 0.377 e. The molecule has 2 amide bonds. The van der Waals surface area contributed by atoms with E-state index in [1.165, 1.54) is 22.8 Å². The van der Waals surface area contributed by atoms with E-state index >= 15 is 0 Å². The van der Waals surface area contributed by atoms with Crippen LogP contribution in [-0.2, 0) is 14.3 Å². The number of benzene rings is 1. The predicted molar refractivity (Wildman–Crippen MR) is 108 cm³/mol. The van der Waals surface area contributed by atoms with Crippen LogP contribution in [0.3, 0.4) is 0 Å². The van der Waals surface area contributed by atoms with E-state index in [2.05, 4.69) is 5.32 Å². The molecule has 1 aromatic heterocycles. The summed E-state index contributed by atoms with van der Waals surface area (Å²) in [5, 5.41) is 2.59. The molecular formula is C22H24FN3O4. The number of rotatable bonds is 7. The number of carbonyl (C=O) groups excluding carboxylic acids is 2. The number of amides is 2. The van der Waals surface area contributed by atoms with E-state index in [-0.39, 0.29) is 29.7 Å². The first-order valence-electron chi connectivity index (χ1n) is 10.1. The van der Waals surface area contributed by atoms with Crippen LogP contribution in [0.25, 0.3) is 5.69 Å². The molecule has 30 heavy (non-hydrogen) atoms. The second kappa shape index (κ2) is 8.39. The molecule has 0 unspecified atom stereocenters. The lowest BCUT2D eigenvalue weighted by Crippen LogP contribution is -2.31. The molecule has 2 aromatic rings. The van der Waals surface area contributed by atoms with E-state index in [4.69, 9.17) is 10.5 Å². The van der Waals surface area contributed by atoms with Gasteiger partial charge in [0.05, 0.1) is 23.4 Å². The van der Waals surface area contributed by atoms with E-state index in [1.807, 2.05) is 0 Å². The van der Waals surface area contributed by atoms with Crippen LogP contribution in [0.5, 0.6) is 0 Å². The van der Waals surface area contributed by atoms with E-state index < -0.39 is 23.6 Å². The molecule has 0 saturated heterocycles. The van der Waals surface area contributed by atoms with Crippen LogP contribution in [0.2, 0.25) is 0 Å². The molecule has 0 aliphatic heterocycles. The van der Waals surface area contributed by atoms with E-state index in [9.17, 15) is 18.8 Å². The van der Waals surface area contributed by atoms with Gasteiger partial charge in [-0.3, -0.25) is 19.0 Å². The molecule has 2 aliphatic rings. The van der Waals surface area contributed by atoms with Crippen LogP contribution in [0.15, 0.2) is 47.4 Å². The molecule has 3 N–H and O–H groups in total. The van der Waals surface area contributed by atoms with Gasteiger partial charge < -0.3 is 15.8 Å². The molecule has 2 fully saturated rings. The number of nitrogens with two attached hydrogens (primary N) is 1. The van der Waals surface area contributed by atoms with Gasteiger partial charge in [0.15, 0.2) is 0 Å². The van der Waals surface area contributed by atoms with E-state index in [1.54, 1.807) is 24.4 Å². The molecule has 1 heterocycles. The quantitative estimate of drug-likeness (QED) is 0.726. The standard InChI is InChI=1S/C22H24FN3O4/c23-17-11-15(26-8-2-1-3-20(26)27)6-7-18(17)25-22(29)14-9-16(21(24)28)19(10-14)30-12-13-4-5-13/h1-3,6-8,11,13-14,16,19H,4-5,9-10,12H2,(H2,24,28)(H,25,29)/t14-,16-,19-/m0/s1. The number of ether oxygens (including phenoxy) is 1. The highest BCUT2D eigenvalue weighted by Crippen LogP contribution is 2.37. The third kappa shape index (κ3) is 4.43. The van der Waals surface area contributed by atoms with Gasteiger partial charge in [-0.15, -0.1) is 0 Å². The van der Waals surface area contributed by atoms with Gasteiger partial charge in [0.2, 0.25) is 11.8 Å². The number of primary amides is 1. The van der Waals surface area contributed by atoms with Crippen LogP contribution in [0, 0.1) is 23.6 Å². The minimum Gasteiger partial charge on any atom is -0.377 e. The molecule has 0 bridgehead atoms. The fraction of sp³-hybridized carbons (Fsp3) is 0.409. The van der Waals surface area contributed by atoms with Crippen LogP contribution in [0.1, 0.15) is 25.7 Å². The minimum absolute atomic E-state index is 0.0192. The molecule has 2 saturated carbocycles. The van der Waals surface area contributed by atoms with Crippen molar-refractivity contribution < 1.29 is 18.7 Å². The fourth-order valence-corrected chi connectivity index (χ4v) is 3.87. The van der Waals surface area contributed by atoms with Crippen molar-refractivity contribution in [3.8, 4) is 5.69 Å². The fourth-order valence-electron chi connectivity index (χ4n) is 3.87. The SMILES string of the molecule is NC(=O)[C@H]1C[C@H](C(=O)Nc2ccc(-n3ccccc3=O)cc2F)C[C@@H]1OCC1CC1. The number of halogens is 1. The van der Waals surface area contributed by atoms with Gasteiger partial charge in [0.25, 0.3) is 5.56 Å². The topological polar surface area (TPSA) is 103 Å². The summed E-state index contributed by atoms with van der Waals surface area (Å²) in [6, 6.07) is 8.83. The number of carbonyl (C=O) groups is 2. The molecule has 0 spiro atoms. The number of anilines is 1. The van der Waals surface area contributed by atoms with Gasteiger partial charge >= 0.3 is 0 Å². The third-order valence-corrected chi connectivity index (χ3v) is 5.79. The molecule has 7 nitrogen and oxygen atoms in total. The Balaban J connectivity index is 1.43. The van der Waals surface area contributed by atoms with Crippen LogP contribution in [-0.4, -0.2) is 29.1 Å². The van der Waals surface area contributed by atoms with Crippen molar-refractivity contribution >= 4 is 17.5 Å². The highest BCUT2D eigenvalue weighted by Gasteiger charge is 2.42. The summed E-state index contributed by atoms with van der Waals surface area (Å²) in [6.45, 7) is 0.581. The summed E-state index contributed by atoms with van der Waals surface area (Å²) in [4.78, 5) is 36.4. The normalized spacial score (nSPS) is 23.3. The van der Waals surface area contributed by atoms with Gasteiger partial charge in [0, 0.05) is 30.9 Å². The zero-order chi connectivity index (χ0) is 21.3. The first-order valence-corrected chi connectivity index (χ1v) is 10.1. The maximum atomic E-state index is 14.6. The van der Waals surface area contributed by atoms with Crippen molar-refractivity contribution in [2.24, 2.45) is 23.5 Å². The highest BCUT2D eigenvalue weighted by molar-refractivity contribution is 5.93. The van der Waals surface area contributed by atoms with Crippen molar-refractivity contribution in [3.63, 3.8) is 0 Å². The number of hydrogen-bond acceptors (Lipinski definition) is 4. The summed E-state index contributed by atoms with van der Waals surface area (Å²) in [7, 11) is 0. The van der Waals surface area contributed by atoms with E-state index in [0.717, 1.165) is 12.8 Å². The Morgan fingerprint density at radius 1 is 1.20 bits per heavy atom. The first kappa shape index (κ1) is 20.3. The van der Waals surface area contributed by atoms with Crippen LogP contribution < -0.4 is 16.6 Å². The Kier molecular flexibility index (Phi) is 5.67. The molecule has 3 atom stereocenters. The summed E-state index contributed by atoms with van der Waals surface area (Å²) in [5.74, 6) is -1.96. The first-order chi connectivity index (χ1) is 14.4. The average molecular weight is 413 g/mol. The summed E-state index contributed by atoms with van der Waals surface area (Å²) in [6.07, 6.45) is 4.08. The maximum Gasteiger partial charge on any atom is 0.255 e. The van der Waals surface area contributed by atoms with Crippen molar-refractivity contribution in [1.29, 1.82) is 0 Å². The second-order valence-electron chi connectivity index (χ2n) is 8.05. The van der Waals surface area contributed by atoms with Gasteiger partial charge in [-0.2, -0.15) is 0 Å². The summed E-state index contributed by atoms with van der Waals surface area (Å²) in [5.41, 5.74) is 5.59. The Bertz CT molecular complexity index is 1020. The number of hydrogen-bond donors (Lipinski definition) is 2. The van der Waals surface area contributed by atoms with Crippen molar-refractivity contribution in [3.05, 3.63) is 58.8 Å². The monoisotopic (exact) mass is 413 g/mol. The van der Waals surface area contributed by atoms with Gasteiger partial charge in [-0.05, 0) is 49.8 Å². The lowest BCUT2D eigenvalue weighted by molar-refractivity contribution is -0.125. The molecule has 0 radical (unpaired) electrons. The van der Waals surface area contributed by atoms with Crippen LogP contribution >= 0.6 is 0 Å². The number of aromatic nitrogens is 1. The number of nitrogens with zero attached hydrogens (tertiary/aromatic N) is 1. The molecule has 158 valence electrons. The summed E-state index contributed by atoms with van der Waals surface area (Å²) >= 11 is 0. The lowest BCUT2D eigenvalue weighted by atomic mass is 10.0. The van der Waals surface area contributed by atoms with Gasteiger partial charge in [-0.1, -0.05) is 6.07 Å². The van der Waals surface area contributed by atoms with Gasteiger partial charge in [0.1, 0.15) is 5.82 Å². The zero-order valence-corrected chi connectivity index (χ0v) is 16.4. The molecule has 2 aliphatic carbocycles. The third-order valence-electron chi connectivity index (χ3n) is 5.79. The lowest BCUT2D eigenvalue weighted by Gasteiger charge is -2.17. The molecule has 8 heteroatoms. The number of pyridine rings is 1.